The molecule has 2 rings (SSSR count). The van der Waals surface area contributed by atoms with Crippen molar-refractivity contribution in [3.8, 4) is 0 Å². The molecule has 0 fully saturated rings. The Bertz CT molecular complexity index is 866. The quantitative estimate of drug-likeness (QED) is 0.556. The van der Waals surface area contributed by atoms with E-state index in [1.807, 2.05) is 52.0 Å². The Hall–Kier alpha value is -2.04. The molecular weight excluding hydrogens is 419 g/mol. The number of amides is 2. The number of rotatable bonds is 9. The van der Waals surface area contributed by atoms with E-state index < -0.39 is 6.04 Å². The van der Waals surface area contributed by atoms with Gasteiger partial charge in [0.1, 0.15) is 6.04 Å². The lowest BCUT2D eigenvalue weighted by atomic mass is 10.1. The van der Waals surface area contributed by atoms with Gasteiger partial charge in [-0.05, 0) is 42.5 Å². The zero-order valence-corrected chi connectivity index (χ0v) is 19.6. The second kappa shape index (κ2) is 11.4. The van der Waals surface area contributed by atoms with Gasteiger partial charge in [0.15, 0.2) is 0 Å². The van der Waals surface area contributed by atoms with Gasteiger partial charge in [0, 0.05) is 13.1 Å². The van der Waals surface area contributed by atoms with Crippen molar-refractivity contribution in [2.75, 3.05) is 6.54 Å². The zero-order valence-electron chi connectivity index (χ0n) is 18.0. The maximum absolute atomic E-state index is 13.3. The first-order valence-corrected chi connectivity index (χ1v) is 11.0. The first kappa shape index (κ1) is 24.2. The minimum absolute atomic E-state index is 0.124. The van der Waals surface area contributed by atoms with Crippen LogP contribution in [0.15, 0.2) is 42.5 Å². The van der Waals surface area contributed by atoms with Crippen LogP contribution >= 0.6 is 23.2 Å². The fraction of sp³-hybridized carbons (Fsp3) is 0.417. The molecule has 1 atom stereocenters. The molecule has 0 aliphatic heterocycles. The minimum atomic E-state index is -0.541. The molecule has 2 aromatic carbocycles. The smallest absolute Gasteiger partial charge is 0.242 e. The van der Waals surface area contributed by atoms with Crippen LogP contribution in [-0.4, -0.2) is 29.3 Å². The molecule has 2 aromatic rings. The lowest BCUT2D eigenvalue weighted by molar-refractivity contribution is -0.141. The van der Waals surface area contributed by atoms with Crippen LogP contribution < -0.4 is 5.32 Å². The van der Waals surface area contributed by atoms with E-state index in [-0.39, 0.29) is 18.2 Å². The number of aryl methyl sites for hydroxylation is 1. The third-order valence-electron chi connectivity index (χ3n) is 4.88. The van der Waals surface area contributed by atoms with Crippen molar-refractivity contribution in [2.45, 2.75) is 53.1 Å². The highest BCUT2D eigenvalue weighted by Gasteiger charge is 2.28. The van der Waals surface area contributed by atoms with E-state index in [0.29, 0.717) is 35.5 Å². The molecule has 0 saturated carbocycles. The molecule has 2 amide bonds. The summed E-state index contributed by atoms with van der Waals surface area (Å²) in [5.74, 6) is 0.0882. The average molecular weight is 449 g/mol. The van der Waals surface area contributed by atoms with Gasteiger partial charge >= 0.3 is 0 Å². The molecule has 0 aromatic heterocycles. The molecule has 30 heavy (non-hydrogen) atoms. The normalized spacial score (nSPS) is 12.0. The Balaban J connectivity index is 2.27. The zero-order chi connectivity index (χ0) is 22.3. The highest BCUT2D eigenvalue weighted by Crippen LogP contribution is 2.23. The van der Waals surface area contributed by atoms with Gasteiger partial charge in [-0.1, -0.05) is 79.9 Å². The average Bonchev–Trinajstić information content (AvgIpc) is 2.70. The van der Waals surface area contributed by atoms with Crippen molar-refractivity contribution in [3.05, 3.63) is 69.2 Å². The third-order valence-corrected chi connectivity index (χ3v) is 5.62. The summed E-state index contributed by atoms with van der Waals surface area (Å²) in [5.41, 5.74) is 2.90. The number of benzene rings is 2. The Morgan fingerprint density at radius 2 is 1.63 bits per heavy atom. The summed E-state index contributed by atoms with van der Waals surface area (Å²) < 4.78 is 0. The van der Waals surface area contributed by atoms with Crippen LogP contribution in [0.1, 0.15) is 43.9 Å². The van der Waals surface area contributed by atoms with Gasteiger partial charge in [-0.25, -0.2) is 0 Å². The van der Waals surface area contributed by atoms with Crippen LogP contribution in [0.2, 0.25) is 10.0 Å². The van der Waals surface area contributed by atoms with Crippen molar-refractivity contribution >= 4 is 35.0 Å². The van der Waals surface area contributed by atoms with Crippen molar-refractivity contribution in [2.24, 2.45) is 5.92 Å². The molecule has 6 heteroatoms. The maximum Gasteiger partial charge on any atom is 0.242 e. The first-order valence-electron chi connectivity index (χ1n) is 10.3. The summed E-state index contributed by atoms with van der Waals surface area (Å²) in [5, 5.41) is 3.83. The number of halogens is 2. The van der Waals surface area contributed by atoms with E-state index in [2.05, 4.69) is 5.32 Å². The van der Waals surface area contributed by atoms with Gasteiger partial charge in [-0.15, -0.1) is 0 Å². The van der Waals surface area contributed by atoms with Gasteiger partial charge in [0.25, 0.3) is 0 Å². The summed E-state index contributed by atoms with van der Waals surface area (Å²) in [4.78, 5) is 27.8. The topological polar surface area (TPSA) is 49.4 Å². The number of carbonyl (C=O) groups excluding carboxylic acids is 2. The van der Waals surface area contributed by atoms with E-state index in [1.54, 1.807) is 23.1 Å². The predicted octanol–water partition coefficient (Wildman–Crippen LogP) is 5.42. The van der Waals surface area contributed by atoms with Gasteiger partial charge < -0.3 is 10.2 Å². The molecular formula is C24H30Cl2N2O2. The monoisotopic (exact) mass is 448 g/mol. The molecule has 0 aliphatic rings. The summed E-state index contributed by atoms with van der Waals surface area (Å²) in [6.45, 7) is 8.98. The Labute approximate surface area is 189 Å². The molecule has 0 radical (unpaired) electrons. The van der Waals surface area contributed by atoms with Crippen LogP contribution in [0.25, 0.3) is 0 Å². The Morgan fingerprint density at radius 3 is 2.20 bits per heavy atom. The molecule has 0 saturated heterocycles. The molecule has 0 bridgehead atoms. The van der Waals surface area contributed by atoms with Crippen LogP contribution in [0.3, 0.4) is 0 Å². The van der Waals surface area contributed by atoms with Crippen LogP contribution in [-0.2, 0) is 22.6 Å². The first-order chi connectivity index (χ1) is 14.2. The molecule has 0 unspecified atom stereocenters. The van der Waals surface area contributed by atoms with Crippen molar-refractivity contribution in [1.29, 1.82) is 0 Å². The van der Waals surface area contributed by atoms with E-state index in [9.17, 15) is 9.59 Å². The summed E-state index contributed by atoms with van der Waals surface area (Å²) in [6, 6.07) is 12.6. The van der Waals surface area contributed by atoms with E-state index >= 15 is 0 Å². The largest absolute Gasteiger partial charge is 0.354 e. The minimum Gasteiger partial charge on any atom is -0.354 e. The lowest BCUT2D eigenvalue weighted by Crippen LogP contribution is -2.50. The Kier molecular flexibility index (Phi) is 9.19. The number of hydrogen-bond acceptors (Lipinski definition) is 2. The standard InChI is InChI=1S/C24H30Cl2N2O2/c1-5-22(24(30)27-14-16(2)3)28(15-18-8-6-17(4)7-9-18)23(29)13-19-10-11-20(25)21(26)12-19/h6-12,16,22H,5,13-15H2,1-4H3,(H,27,30)/t22-/m1/s1. The van der Waals surface area contributed by atoms with Gasteiger partial charge in [0.2, 0.25) is 11.8 Å². The van der Waals surface area contributed by atoms with Crippen molar-refractivity contribution < 1.29 is 9.59 Å². The fourth-order valence-corrected chi connectivity index (χ4v) is 3.48. The number of nitrogens with one attached hydrogen (secondary N) is 1. The second-order valence-corrected chi connectivity index (χ2v) is 8.81. The van der Waals surface area contributed by atoms with Gasteiger partial charge in [0.05, 0.1) is 16.5 Å². The number of nitrogens with zero attached hydrogens (tertiary/aromatic N) is 1. The lowest BCUT2D eigenvalue weighted by Gasteiger charge is -2.31. The van der Waals surface area contributed by atoms with Gasteiger partial charge in [-0.2, -0.15) is 0 Å². The Morgan fingerprint density at radius 1 is 1.00 bits per heavy atom. The number of carbonyl (C=O) groups is 2. The SMILES string of the molecule is CC[C@H](C(=O)NCC(C)C)N(Cc1ccc(C)cc1)C(=O)Cc1ccc(Cl)c(Cl)c1. The second-order valence-electron chi connectivity index (χ2n) is 8.00. The molecule has 0 aliphatic carbocycles. The fourth-order valence-electron chi connectivity index (χ4n) is 3.16. The highest BCUT2D eigenvalue weighted by molar-refractivity contribution is 6.42. The molecule has 0 spiro atoms. The van der Waals surface area contributed by atoms with E-state index in [0.717, 1.165) is 16.7 Å². The van der Waals surface area contributed by atoms with E-state index in [4.69, 9.17) is 23.2 Å². The van der Waals surface area contributed by atoms with Crippen molar-refractivity contribution in [1.82, 2.24) is 10.2 Å². The summed E-state index contributed by atoms with van der Waals surface area (Å²) in [6.07, 6.45) is 0.680. The molecule has 0 heterocycles. The van der Waals surface area contributed by atoms with Crippen LogP contribution in [0.4, 0.5) is 0 Å². The number of hydrogen-bond donors (Lipinski definition) is 1. The summed E-state index contributed by atoms with van der Waals surface area (Å²) in [7, 11) is 0. The molecule has 1 N–H and O–H groups in total. The summed E-state index contributed by atoms with van der Waals surface area (Å²) >= 11 is 12.1. The van der Waals surface area contributed by atoms with E-state index in [1.165, 1.54) is 0 Å². The molecule has 4 nitrogen and oxygen atoms in total. The van der Waals surface area contributed by atoms with Crippen LogP contribution in [0.5, 0.6) is 0 Å². The highest BCUT2D eigenvalue weighted by atomic mass is 35.5. The van der Waals surface area contributed by atoms with Gasteiger partial charge in [-0.3, -0.25) is 9.59 Å². The van der Waals surface area contributed by atoms with Crippen molar-refractivity contribution in [3.63, 3.8) is 0 Å². The maximum atomic E-state index is 13.3. The predicted molar refractivity (Wildman–Crippen MR) is 124 cm³/mol. The third kappa shape index (κ3) is 7.03. The van der Waals surface area contributed by atoms with Crippen LogP contribution in [0, 0.1) is 12.8 Å². The molecule has 162 valence electrons.